The number of guanidine groups is 1. The molecule has 0 unspecified atom stereocenters. The van der Waals surface area contributed by atoms with Crippen molar-refractivity contribution in [2.45, 2.75) is 46.5 Å². The molecule has 120 valence electrons. The SMILES string of the molecule is CCNC(=NCC1CCC(C)CC1)NCCOCC.I. The first kappa shape index (κ1) is 20.0. The molecule has 20 heavy (non-hydrogen) atoms. The first-order valence-electron chi connectivity index (χ1n) is 7.86. The second kappa shape index (κ2) is 12.7. The number of halogens is 1. The van der Waals surface area contributed by atoms with E-state index in [0.717, 1.165) is 50.6 Å². The van der Waals surface area contributed by atoms with E-state index in [9.17, 15) is 0 Å². The van der Waals surface area contributed by atoms with Crippen LogP contribution in [-0.4, -0.2) is 38.8 Å². The highest BCUT2D eigenvalue weighted by Gasteiger charge is 2.17. The average molecular weight is 397 g/mol. The summed E-state index contributed by atoms with van der Waals surface area (Å²) in [4.78, 5) is 4.70. The van der Waals surface area contributed by atoms with Gasteiger partial charge in [0.25, 0.3) is 0 Å². The number of hydrogen-bond acceptors (Lipinski definition) is 2. The van der Waals surface area contributed by atoms with Crippen LogP contribution in [0.15, 0.2) is 4.99 Å². The molecule has 1 rings (SSSR count). The maximum absolute atomic E-state index is 5.32. The summed E-state index contributed by atoms with van der Waals surface area (Å²) in [5.41, 5.74) is 0. The molecule has 0 aromatic rings. The minimum Gasteiger partial charge on any atom is -0.380 e. The molecular weight excluding hydrogens is 365 g/mol. The van der Waals surface area contributed by atoms with E-state index in [0.29, 0.717) is 0 Å². The molecule has 0 aromatic heterocycles. The molecule has 0 amide bonds. The summed E-state index contributed by atoms with van der Waals surface area (Å²) < 4.78 is 5.32. The summed E-state index contributed by atoms with van der Waals surface area (Å²) in [5.74, 6) is 2.62. The normalized spacial score (nSPS) is 23.1. The van der Waals surface area contributed by atoms with Crippen molar-refractivity contribution in [2.24, 2.45) is 16.8 Å². The van der Waals surface area contributed by atoms with E-state index in [4.69, 9.17) is 9.73 Å². The summed E-state index contributed by atoms with van der Waals surface area (Å²) in [7, 11) is 0. The van der Waals surface area contributed by atoms with Crippen molar-refractivity contribution in [3.05, 3.63) is 0 Å². The molecular formula is C15H32IN3O. The molecule has 0 aromatic carbocycles. The van der Waals surface area contributed by atoms with Crippen LogP contribution in [0.1, 0.15) is 46.5 Å². The Morgan fingerprint density at radius 1 is 1.15 bits per heavy atom. The summed E-state index contributed by atoms with van der Waals surface area (Å²) in [5, 5.41) is 6.61. The number of hydrogen-bond donors (Lipinski definition) is 2. The number of aliphatic imine (C=N–C) groups is 1. The molecule has 5 heteroatoms. The van der Waals surface area contributed by atoms with E-state index in [1.165, 1.54) is 25.7 Å². The minimum absolute atomic E-state index is 0. The average Bonchev–Trinajstić information content (AvgIpc) is 2.42. The van der Waals surface area contributed by atoms with Gasteiger partial charge in [0.1, 0.15) is 0 Å². The number of rotatable bonds is 7. The first-order chi connectivity index (χ1) is 9.26. The monoisotopic (exact) mass is 397 g/mol. The van der Waals surface area contributed by atoms with E-state index < -0.39 is 0 Å². The van der Waals surface area contributed by atoms with Crippen LogP contribution in [0.3, 0.4) is 0 Å². The summed E-state index contributed by atoms with van der Waals surface area (Å²) in [6.45, 7) is 10.7. The van der Waals surface area contributed by atoms with E-state index in [-0.39, 0.29) is 24.0 Å². The highest BCUT2D eigenvalue weighted by Crippen LogP contribution is 2.28. The molecule has 0 aliphatic heterocycles. The topological polar surface area (TPSA) is 45.7 Å². The van der Waals surface area contributed by atoms with Gasteiger partial charge in [0.05, 0.1) is 6.61 Å². The molecule has 1 aliphatic rings. The van der Waals surface area contributed by atoms with Gasteiger partial charge in [-0.25, -0.2) is 0 Å². The lowest BCUT2D eigenvalue weighted by molar-refractivity contribution is 0.152. The van der Waals surface area contributed by atoms with Gasteiger partial charge in [-0.3, -0.25) is 4.99 Å². The quantitative estimate of drug-likeness (QED) is 0.301. The Bertz CT molecular complexity index is 254. The van der Waals surface area contributed by atoms with Gasteiger partial charge < -0.3 is 15.4 Å². The first-order valence-corrected chi connectivity index (χ1v) is 7.86. The van der Waals surface area contributed by atoms with Crippen LogP contribution in [0.5, 0.6) is 0 Å². The summed E-state index contributed by atoms with van der Waals surface area (Å²) >= 11 is 0. The third-order valence-electron chi connectivity index (χ3n) is 3.73. The van der Waals surface area contributed by atoms with E-state index in [2.05, 4.69) is 24.5 Å². The lowest BCUT2D eigenvalue weighted by Crippen LogP contribution is -2.39. The molecule has 0 atom stereocenters. The Balaban J connectivity index is 0.00000361. The van der Waals surface area contributed by atoms with Crippen molar-refractivity contribution >= 4 is 29.9 Å². The fourth-order valence-electron chi connectivity index (χ4n) is 2.46. The lowest BCUT2D eigenvalue weighted by Gasteiger charge is -2.25. The van der Waals surface area contributed by atoms with E-state index in [1.54, 1.807) is 0 Å². The molecule has 1 fully saturated rings. The van der Waals surface area contributed by atoms with Crippen molar-refractivity contribution < 1.29 is 4.74 Å². The van der Waals surface area contributed by atoms with Gasteiger partial charge in [-0.2, -0.15) is 0 Å². The molecule has 0 radical (unpaired) electrons. The molecule has 0 heterocycles. The zero-order valence-corrected chi connectivity index (χ0v) is 15.6. The predicted octanol–water partition coefficient (Wildman–Crippen LogP) is 3.02. The maximum atomic E-state index is 5.32. The number of nitrogens with zero attached hydrogens (tertiary/aromatic N) is 1. The highest BCUT2D eigenvalue weighted by molar-refractivity contribution is 14.0. The van der Waals surface area contributed by atoms with Gasteiger partial charge in [-0.05, 0) is 38.5 Å². The van der Waals surface area contributed by atoms with Crippen LogP contribution < -0.4 is 10.6 Å². The molecule has 1 saturated carbocycles. The Labute approximate surface area is 141 Å². The van der Waals surface area contributed by atoms with Crippen LogP contribution in [0.2, 0.25) is 0 Å². The van der Waals surface area contributed by atoms with Crippen molar-refractivity contribution in [3.8, 4) is 0 Å². The number of ether oxygens (including phenoxy) is 1. The Hall–Kier alpha value is -0.0400. The van der Waals surface area contributed by atoms with Gasteiger partial charge in [0, 0.05) is 26.2 Å². The van der Waals surface area contributed by atoms with Crippen molar-refractivity contribution in [1.82, 2.24) is 10.6 Å². The second-order valence-corrected chi connectivity index (χ2v) is 5.47. The fourth-order valence-corrected chi connectivity index (χ4v) is 2.46. The molecule has 4 nitrogen and oxygen atoms in total. The molecule has 0 saturated heterocycles. The van der Waals surface area contributed by atoms with Gasteiger partial charge in [-0.15, -0.1) is 24.0 Å². The van der Waals surface area contributed by atoms with E-state index >= 15 is 0 Å². The predicted molar refractivity (Wildman–Crippen MR) is 97.0 cm³/mol. The maximum Gasteiger partial charge on any atom is 0.191 e. The number of nitrogens with one attached hydrogen (secondary N) is 2. The second-order valence-electron chi connectivity index (χ2n) is 5.47. The van der Waals surface area contributed by atoms with Crippen molar-refractivity contribution in [1.29, 1.82) is 0 Å². The molecule has 2 N–H and O–H groups in total. The fraction of sp³-hybridized carbons (Fsp3) is 0.933. The third-order valence-corrected chi connectivity index (χ3v) is 3.73. The lowest BCUT2D eigenvalue weighted by atomic mass is 9.83. The van der Waals surface area contributed by atoms with Crippen molar-refractivity contribution in [3.63, 3.8) is 0 Å². The highest BCUT2D eigenvalue weighted by atomic mass is 127. The third kappa shape index (κ3) is 9.00. The van der Waals surface area contributed by atoms with Gasteiger partial charge in [0.2, 0.25) is 0 Å². The molecule has 1 aliphatic carbocycles. The van der Waals surface area contributed by atoms with E-state index in [1.807, 2.05) is 6.92 Å². The van der Waals surface area contributed by atoms with Crippen LogP contribution in [0.4, 0.5) is 0 Å². The van der Waals surface area contributed by atoms with Crippen LogP contribution >= 0.6 is 24.0 Å². The van der Waals surface area contributed by atoms with Gasteiger partial charge >= 0.3 is 0 Å². The van der Waals surface area contributed by atoms with Crippen molar-refractivity contribution in [2.75, 3.05) is 32.8 Å². The van der Waals surface area contributed by atoms with Gasteiger partial charge in [-0.1, -0.05) is 19.8 Å². The standard InChI is InChI=1S/C15H31N3O.HI/c1-4-16-15(17-10-11-19-5-2)18-12-14-8-6-13(3)7-9-14;/h13-14H,4-12H2,1-3H3,(H2,16,17,18);1H. The zero-order valence-electron chi connectivity index (χ0n) is 13.3. The Kier molecular flexibility index (Phi) is 12.7. The van der Waals surface area contributed by atoms with Gasteiger partial charge in [0.15, 0.2) is 5.96 Å². The van der Waals surface area contributed by atoms with Crippen LogP contribution in [0, 0.1) is 11.8 Å². The largest absolute Gasteiger partial charge is 0.380 e. The Morgan fingerprint density at radius 3 is 2.45 bits per heavy atom. The van der Waals surface area contributed by atoms with Crippen LogP contribution in [0.25, 0.3) is 0 Å². The summed E-state index contributed by atoms with van der Waals surface area (Å²) in [6, 6.07) is 0. The van der Waals surface area contributed by atoms with Crippen LogP contribution in [-0.2, 0) is 4.74 Å². The Morgan fingerprint density at radius 2 is 1.85 bits per heavy atom. The smallest absolute Gasteiger partial charge is 0.191 e. The zero-order chi connectivity index (χ0) is 13.9. The summed E-state index contributed by atoms with van der Waals surface area (Å²) in [6.07, 6.45) is 5.41. The molecule has 0 bridgehead atoms. The molecule has 0 spiro atoms. The minimum atomic E-state index is 0.